The summed E-state index contributed by atoms with van der Waals surface area (Å²) in [5.74, 6) is 1.35. The highest BCUT2D eigenvalue weighted by Crippen LogP contribution is 2.29. The summed E-state index contributed by atoms with van der Waals surface area (Å²) < 4.78 is 5.42. The Morgan fingerprint density at radius 1 is 1.03 bits per heavy atom. The summed E-state index contributed by atoms with van der Waals surface area (Å²) in [6.45, 7) is 4.05. The molecule has 3 heterocycles. The molecule has 0 saturated carbocycles. The summed E-state index contributed by atoms with van der Waals surface area (Å²) in [6.07, 6.45) is 7.63. The van der Waals surface area contributed by atoms with E-state index in [4.69, 9.17) is 4.74 Å². The fraction of sp³-hybridized carbons (Fsp3) is 0.478. The van der Waals surface area contributed by atoms with E-state index in [9.17, 15) is 4.79 Å². The van der Waals surface area contributed by atoms with Crippen LogP contribution >= 0.6 is 0 Å². The van der Waals surface area contributed by atoms with E-state index in [1.165, 1.54) is 32.4 Å². The molecular formula is C23H30N4O2. The van der Waals surface area contributed by atoms with Crippen LogP contribution in [-0.2, 0) is 0 Å². The summed E-state index contributed by atoms with van der Waals surface area (Å²) in [5, 5.41) is 3.29. The maximum absolute atomic E-state index is 13.3. The fourth-order valence-corrected chi connectivity index (χ4v) is 4.48. The molecule has 6 nitrogen and oxygen atoms in total. The van der Waals surface area contributed by atoms with Crippen LogP contribution < -0.4 is 10.1 Å². The standard InChI is InChI=1S/C23H30N4O2/c1-29-21-11-3-2-10-20(21)25-22-19(9-6-13-24-22)23(28)27-16-7-8-18(12-17-27)26-14-4-5-15-26/h2-3,6,9-11,13,18H,4-5,7-8,12,14-17H2,1H3,(H,24,25). The van der Waals surface area contributed by atoms with E-state index in [0.717, 1.165) is 37.4 Å². The van der Waals surface area contributed by atoms with Gasteiger partial charge in [0, 0.05) is 25.3 Å². The van der Waals surface area contributed by atoms with Crippen molar-refractivity contribution in [2.45, 2.75) is 38.1 Å². The molecule has 2 aliphatic rings. The number of ether oxygens (including phenoxy) is 1. The van der Waals surface area contributed by atoms with E-state index >= 15 is 0 Å². The first-order chi connectivity index (χ1) is 14.3. The Kier molecular flexibility index (Phi) is 6.30. The zero-order valence-corrected chi connectivity index (χ0v) is 17.1. The van der Waals surface area contributed by atoms with Gasteiger partial charge in [0.1, 0.15) is 11.6 Å². The van der Waals surface area contributed by atoms with Crippen molar-refractivity contribution in [3.63, 3.8) is 0 Å². The molecule has 154 valence electrons. The van der Waals surface area contributed by atoms with Crippen molar-refractivity contribution >= 4 is 17.4 Å². The molecule has 6 heteroatoms. The predicted octanol–water partition coefficient (Wildman–Crippen LogP) is 3.92. The van der Waals surface area contributed by atoms with Gasteiger partial charge in [-0.2, -0.15) is 0 Å². The van der Waals surface area contributed by atoms with Gasteiger partial charge >= 0.3 is 0 Å². The topological polar surface area (TPSA) is 57.7 Å². The second kappa shape index (κ2) is 9.27. The first-order valence-electron chi connectivity index (χ1n) is 10.6. The number of hydrogen-bond acceptors (Lipinski definition) is 5. The third kappa shape index (κ3) is 4.53. The van der Waals surface area contributed by atoms with E-state index in [2.05, 4.69) is 15.2 Å². The van der Waals surface area contributed by atoms with Gasteiger partial charge in [0.15, 0.2) is 0 Å². The zero-order chi connectivity index (χ0) is 20.1. The molecule has 0 aliphatic carbocycles. The number of benzene rings is 1. The van der Waals surface area contributed by atoms with Crippen LogP contribution in [0.25, 0.3) is 0 Å². The maximum Gasteiger partial charge on any atom is 0.257 e. The summed E-state index contributed by atoms with van der Waals surface area (Å²) in [5.41, 5.74) is 1.41. The van der Waals surface area contributed by atoms with Gasteiger partial charge in [-0.1, -0.05) is 12.1 Å². The second-order valence-electron chi connectivity index (χ2n) is 7.84. The van der Waals surface area contributed by atoms with Gasteiger partial charge in [-0.15, -0.1) is 0 Å². The lowest BCUT2D eigenvalue weighted by Gasteiger charge is -2.26. The van der Waals surface area contributed by atoms with Gasteiger partial charge in [-0.25, -0.2) is 4.98 Å². The zero-order valence-electron chi connectivity index (χ0n) is 17.1. The number of carbonyl (C=O) groups excluding carboxylic acids is 1. The normalized spacial score (nSPS) is 20.3. The number of hydrogen-bond donors (Lipinski definition) is 1. The Morgan fingerprint density at radius 3 is 2.69 bits per heavy atom. The van der Waals surface area contributed by atoms with E-state index in [0.29, 0.717) is 17.4 Å². The molecule has 2 fully saturated rings. The molecule has 0 radical (unpaired) electrons. The van der Waals surface area contributed by atoms with Crippen LogP contribution in [-0.4, -0.2) is 60.0 Å². The van der Waals surface area contributed by atoms with E-state index in [-0.39, 0.29) is 5.91 Å². The number of aromatic nitrogens is 1. The van der Waals surface area contributed by atoms with E-state index in [1.54, 1.807) is 13.3 Å². The predicted molar refractivity (Wildman–Crippen MR) is 115 cm³/mol. The molecule has 1 aromatic carbocycles. The Bertz CT molecular complexity index is 835. The Hall–Kier alpha value is -2.60. The van der Waals surface area contributed by atoms with Gasteiger partial charge in [0.05, 0.1) is 18.4 Å². The summed E-state index contributed by atoms with van der Waals surface area (Å²) >= 11 is 0. The van der Waals surface area contributed by atoms with Crippen LogP contribution in [0, 0.1) is 0 Å². The van der Waals surface area contributed by atoms with Crippen LogP contribution in [0.1, 0.15) is 42.5 Å². The van der Waals surface area contributed by atoms with Crippen molar-refractivity contribution in [1.29, 1.82) is 0 Å². The molecule has 1 amide bonds. The van der Waals surface area contributed by atoms with Crippen molar-refractivity contribution < 1.29 is 9.53 Å². The lowest BCUT2D eigenvalue weighted by atomic mass is 10.1. The maximum atomic E-state index is 13.3. The number of nitrogens with zero attached hydrogens (tertiary/aromatic N) is 3. The molecule has 2 aromatic rings. The SMILES string of the molecule is COc1ccccc1Nc1ncccc1C(=O)N1CCCC(N2CCCC2)CC1. The molecule has 1 N–H and O–H groups in total. The number of anilines is 2. The van der Waals surface area contributed by atoms with Gasteiger partial charge in [-0.05, 0) is 69.5 Å². The first kappa shape index (κ1) is 19.7. The summed E-state index contributed by atoms with van der Waals surface area (Å²) in [7, 11) is 1.64. The van der Waals surface area contributed by atoms with Crippen LogP contribution in [0.5, 0.6) is 5.75 Å². The lowest BCUT2D eigenvalue weighted by molar-refractivity contribution is 0.0758. The molecule has 0 spiro atoms. The third-order valence-corrected chi connectivity index (χ3v) is 6.04. The molecule has 1 unspecified atom stereocenters. The third-order valence-electron chi connectivity index (χ3n) is 6.04. The molecular weight excluding hydrogens is 364 g/mol. The van der Waals surface area contributed by atoms with Crippen LogP contribution in [0.4, 0.5) is 11.5 Å². The number of nitrogens with one attached hydrogen (secondary N) is 1. The van der Waals surface area contributed by atoms with Crippen molar-refractivity contribution in [2.24, 2.45) is 0 Å². The number of rotatable bonds is 5. The highest BCUT2D eigenvalue weighted by Gasteiger charge is 2.27. The summed E-state index contributed by atoms with van der Waals surface area (Å²) in [6, 6.07) is 12.0. The van der Waals surface area contributed by atoms with Gasteiger partial charge < -0.3 is 19.9 Å². The van der Waals surface area contributed by atoms with Crippen LogP contribution in [0.2, 0.25) is 0 Å². The van der Waals surface area contributed by atoms with Crippen LogP contribution in [0.3, 0.4) is 0 Å². The quantitative estimate of drug-likeness (QED) is 0.833. The molecule has 4 rings (SSSR count). The molecule has 1 atom stereocenters. The van der Waals surface area contributed by atoms with Crippen molar-refractivity contribution in [1.82, 2.24) is 14.8 Å². The van der Waals surface area contributed by atoms with Crippen molar-refractivity contribution in [2.75, 3.05) is 38.6 Å². The number of likely N-dealkylation sites (tertiary alicyclic amines) is 2. The monoisotopic (exact) mass is 394 g/mol. The smallest absolute Gasteiger partial charge is 0.257 e. The van der Waals surface area contributed by atoms with Gasteiger partial charge in [0.25, 0.3) is 5.91 Å². The van der Waals surface area contributed by atoms with E-state index in [1.807, 2.05) is 41.3 Å². The number of pyridine rings is 1. The number of para-hydroxylation sites is 2. The average Bonchev–Trinajstić information content (AvgIpc) is 3.19. The van der Waals surface area contributed by atoms with Crippen molar-refractivity contribution in [3.05, 3.63) is 48.2 Å². The fourth-order valence-electron chi connectivity index (χ4n) is 4.48. The van der Waals surface area contributed by atoms with Gasteiger partial charge in [0.2, 0.25) is 0 Å². The Morgan fingerprint density at radius 2 is 1.86 bits per heavy atom. The van der Waals surface area contributed by atoms with E-state index < -0.39 is 0 Å². The Labute approximate surface area is 172 Å². The highest BCUT2D eigenvalue weighted by molar-refractivity contribution is 5.99. The Balaban J connectivity index is 1.49. The molecule has 29 heavy (non-hydrogen) atoms. The minimum atomic E-state index is 0.0533. The molecule has 2 aliphatic heterocycles. The number of amides is 1. The minimum absolute atomic E-state index is 0.0533. The largest absolute Gasteiger partial charge is 0.495 e. The molecule has 2 saturated heterocycles. The molecule has 0 bridgehead atoms. The number of carbonyl (C=O) groups is 1. The molecule has 1 aromatic heterocycles. The van der Waals surface area contributed by atoms with Crippen LogP contribution in [0.15, 0.2) is 42.6 Å². The summed E-state index contributed by atoms with van der Waals surface area (Å²) in [4.78, 5) is 22.4. The lowest BCUT2D eigenvalue weighted by Crippen LogP contribution is -2.35. The average molecular weight is 395 g/mol. The highest BCUT2D eigenvalue weighted by atomic mass is 16.5. The first-order valence-corrected chi connectivity index (χ1v) is 10.6. The second-order valence-corrected chi connectivity index (χ2v) is 7.84. The van der Waals surface area contributed by atoms with Crippen molar-refractivity contribution in [3.8, 4) is 5.75 Å². The number of methoxy groups -OCH3 is 1. The van der Waals surface area contributed by atoms with Gasteiger partial charge in [-0.3, -0.25) is 4.79 Å². The minimum Gasteiger partial charge on any atom is -0.495 e.